The highest BCUT2D eigenvalue weighted by molar-refractivity contribution is 6.35. The van der Waals surface area contributed by atoms with Crippen molar-refractivity contribution in [2.24, 2.45) is 0 Å². The van der Waals surface area contributed by atoms with E-state index in [1.54, 1.807) is 20.0 Å². The second kappa shape index (κ2) is 9.56. The van der Waals surface area contributed by atoms with Crippen LogP contribution in [0.2, 0.25) is 5.02 Å². The highest BCUT2D eigenvalue weighted by Crippen LogP contribution is 2.35. The van der Waals surface area contributed by atoms with Crippen LogP contribution in [-0.4, -0.2) is 36.8 Å². The Kier molecular flexibility index (Phi) is 6.30. The molecule has 0 aliphatic heterocycles. The Balaban J connectivity index is 1.49. The molecule has 8 nitrogen and oxygen atoms in total. The van der Waals surface area contributed by atoms with Crippen LogP contribution in [0.15, 0.2) is 66.9 Å². The first-order chi connectivity index (χ1) is 17.3. The lowest BCUT2D eigenvalue weighted by Crippen LogP contribution is -2.18. The minimum atomic E-state index is -1.00. The lowest BCUT2D eigenvalue weighted by molar-refractivity contribution is 0.0736. The molecule has 0 amide bonds. The maximum atomic E-state index is 10.3. The van der Waals surface area contributed by atoms with Gasteiger partial charge in [0.2, 0.25) is 0 Å². The number of halogens is 1. The smallest absolute Gasteiger partial charge is 0.169 e. The number of aliphatic hydroxyl groups is 1. The number of fused-ring (bicyclic) bond motifs is 1. The van der Waals surface area contributed by atoms with E-state index in [0.29, 0.717) is 46.7 Å². The summed E-state index contributed by atoms with van der Waals surface area (Å²) in [6, 6.07) is 19.3. The quantitative estimate of drug-likeness (QED) is 0.242. The molecule has 0 fully saturated rings. The molecule has 0 atom stereocenters. The molecule has 0 saturated heterocycles. The van der Waals surface area contributed by atoms with E-state index in [2.05, 4.69) is 20.5 Å². The predicted octanol–water partition coefficient (Wildman–Crippen LogP) is 5.20. The second-order valence-electron chi connectivity index (χ2n) is 9.06. The van der Waals surface area contributed by atoms with E-state index in [1.165, 1.54) is 0 Å². The standard InChI is InChI=1S/C27H26ClN7O/c1-27(2,36)21-10-6-9-19(32-21)11-12-30-26-25(29)33-23(16-7-4-3-5-8-16)24(34-26)17-13-18-15-31-35-22(18)20(28)14-17/h3-10,13-15,36H,11-12H2,1-2H3,(H2,29,33)(H,30,34)(H,31,35). The minimum Gasteiger partial charge on any atom is -0.384 e. The molecule has 5 rings (SSSR count). The monoisotopic (exact) mass is 499 g/mol. The Labute approximate surface area is 213 Å². The summed E-state index contributed by atoms with van der Waals surface area (Å²) in [4.78, 5) is 14.2. The molecule has 5 N–H and O–H groups in total. The molecule has 0 saturated carbocycles. The Bertz CT molecular complexity index is 1530. The second-order valence-corrected chi connectivity index (χ2v) is 9.47. The Morgan fingerprint density at radius 3 is 2.53 bits per heavy atom. The van der Waals surface area contributed by atoms with E-state index in [1.807, 2.05) is 60.7 Å². The lowest BCUT2D eigenvalue weighted by atomic mass is 10.0. The highest BCUT2D eigenvalue weighted by Gasteiger charge is 2.19. The molecule has 3 aromatic heterocycles. The number of nitrogens with zero attached hydrogens (tertiary/aromatic N) is 4. The Morgan fingerprint density at radius 1 is 0.972 bits per heavy atom. The number of benzene rings is 2. The molecule has 3 heterocycles. The summed E-state index contributed by atoms with van der Waals surface area (Å²) < 4.78 is 0. The molecule has 0 aliphatic carbocycles. The fraction of sp³-hybridized carbons (Fsp3) is 0.185. The maximum absolute atomic E-state index is 10.3. The van der Waals surface area contributed by atoms with Crippen LogP contribution < -0.4 is 11.1 Å². The average Bonchev–Trinajstić information content (AvgIpc) is 3.34. The normalized spacial score (nSPS) is 11.7. The summed E-state index contributed by atoms with van der Waals surface area (Å²) in [5.41, 5.74) is 10.6. The van der Waals surface area contributed by atoms with Crippen LogP contribution in [0.25, 0.3) is 33.4 Å². The maximum Gasteiger partial charge on any atom is 0.169 e. The van der Waals surface area contributed by atoms with Crippen molar-refractivity contribution in [3.63, 3.8) is 0 Å². The third-order valence-corrected chi connectivity index (χ3v) is 6.15. The molecule has 0 bridgehead atoms. The number of hydrogen-bond donors (Lipinski definition) is 4. The van der Waals surface area contributed by atoms with Gasteiger partial charge in [0.25, 0.3) is 0 Å². The largest absolute Gasteiger partial charge is 0.384 e. The summed E-state index contributed by atoms with van der Waals surface area (Å²) >= 11 is 6.53. The van der Waals surface area contributed by atoms with Crippen molar-refractivity contribution in [1.82, 2.24) is 25.1 Å². The summed E-state index contributed by atoms with van der Waals surface area (Å²) in [6.45, 7) is 3.97. The van der Waals surface area contributed by atoms with Gasteiger partial charge in [-0.15, -0.1) is 0 Å². The number of nitrogens with one attached hydrogen (secondary N) is 2. The van der Waals surface area contributed by atoms with Crippen LogP contribution in [0.1, 0.15) is 25.2 Å². The predicted molar refractivity (Wildman–Crippen MR) is 144 cm³/mol. The van der Waals surface area contributed by atoms with Gasteiger partial charge < -0.3 is 16.2 Å². The zero-order valence-electron chi connectivity index (χ0n) is 20.0. The Hall–Kier alpha value is -4.01. The molecule has 2 aromatic carbocycles. The van der Waals surface area contributed by atoms with Crippen molar-refractivity contribution >= 4 is 34.1 Å². The number of pyridine rings is 1. The molecule has 182 valence electrons. The number of nitrogen functional groups attached to an aromatic ring is 1. The van der Waals surface area contributed by atoms with Crippen molar-refractivity contribution in [2.45, 2.75) is 25.9 Å². The van der Waals surface area contributed by atoms with Crippen LogP contribution in [0.5, 0.6) is 0 Å². The van der Waals surface area contributed by atoms with E-state index in [4.69, 9.17) is 27.3 Å². The number of H-pyrrole nitrogens is 1. The van der Waals surface area contributed by atoms with Gasteiger partial charge in [-0.3, -0.25) is 10.1 Å². The van der Waals surface area contributed by atoms with E-state index in [0.717, 1.165) is 27.7 Å². The number of aromatic nitrogens is 5. The van der Waals surface area contributed by atoms with Crippen molar-refractivity contribution in [3.8, 4) is 22.5 Å². The van der Waals surface area contributed by atoms with Crippen molar-refractivity contribution < 1.29 is 5.11 Å². The van der Waals surface area contributed by atoms with Crippen LogP contribution >= 0.6 is 11.6 Å². The molecular formula is C27H26ClN7O. The summed E-state index contributed by atoms with van der Waals surface area (Å²) in [5, 5.41) is 22.0. The molecule has 0 unspecified atom stereocenters. The molecule has 0 aliphatic rings. The molecule has 0 radical (unpaired) electrons. The lowest BCUT2D eigenvalue weighted by Gasteiger charge is -2.17. The van der Waals surface area contributed by atoms with Crippen LogP contribution in [0.4, 0.5) is 11.6 Å². The minimum absolute atomic E-state index is 0.297. The summed E-state index contributed by atoms with van der Waals surface area (Å²) in [6.07, 6.45) is 2.35. The van der Waals surface area contributed by atoms with E-state index in [9.17, 15) is 5.11 Å². The molecule has 5 aromatic rings. The van der Waals surface area contributed by atoms with Crippen LogP contribution in [-0.2, 0) is 12.0 Å². The van der Waals surface area contributed by atoms with Crippen molar-refractivity contribution in [2.75, 3.05) is 17.6 Å². The number of nitrogens with two attached hydrogens (primary N) is 1. The van der Waals surface area contributed by atoms with Gasteiger partial charge in [0, 0.05) is 35.2 Å². The first-order valence-electron chi connectivity index (χ1n) is 11.6. The van der Waals surface area contributed by atoms with Gasteiger partial charge in [-0.2, -0.15) is 5.10 Å². The van der Waals surface area contributed by atoms with Crippen LogP contribution in [0, 0.1) is 0 Å². The van der Waals surface area contributed by atoms with Gasteiger partial charge in [-0.1, -0.05) is 48.0 Å². The fourth-order valence-corrected chi connectivity index (χ4v) is 4.27. The van der Waals surface area contributed by atoms with Crippen molar-refractivity contribution in [3.05, 3.63) is 83.3 Å². The fourth-order valence-electron chi connectivity index (χ4n) is 4.00. The van der Waals surface area contributed by atoms with E-state index >= 15 is 0 Å². The topological polar surface area (TPSA) is 126 Å². The first-order valence-corrected chi connectivity index (χ1v) is 12.0. The van der Waals surface area contributed by atoms with E-state index in [-0.39, 0.29) is 0 Å². The molecule has 36 heavy (non-hydrogen) atoms. The van der Waals surface area contributed by atoms with Gasteiger partial charge in [0.15, 0.2) is 11.6 Å². The number of hydrogen-bond acceptors (Lipinski definition) is 7. The third kappa shape index (κ3) is 4.86. The summed E-state index contributed by atoms with van der Waals surface area (Å²) in [7, 11) is 0. The molecule has 0 spiro atoms. The van der Waals surface area contributed by atoms with Gasteiger partial charge >= 0.3 is 0 Å². The SMILES string of the molecule is CC(C)(O)c1cccc(CCNc2nc(-c3cc(Cl)c4[nH]ncc4c3)c(-c3ccccc3)nc2N)n1. The zero-order valence-corrected chi connectivity index (χ0v) is 20.7. The molecule has 9 heteroatoms. The number of anilines is 2. The average molecular weight is 500 g/mol. The van der Waals surface area contributed by atoms with E-state index < -0.39 is 5.60 Å². The van der Waals surface area contributed by atoms with Gasteiger partial charge in [-0.05, 0) is 38.1 Å². The van der Waals surface area contributed by atoms with Gasteiger partial charge in [-0.25, -0.2) is 9.97 Å². The van der Waals surface area contributed by atoms with Crippen LogP contribution in [0.3, 0.4) is 0 Å². The molecular weight excluding hydrogens is 474 g/mol. The Morgan fingerprint density at radius 2 is 1.75 bits per heavy atom. The van der Waals surface area contributed by atoms with Crippen molar-refractivity contribution in [1.29, 1.82) is 0 Å². The third-order valence-electron chi connectivity index (χ3n) is 5.85. The highest BCUT2D eigenvalue weighted by atomic mass is 35.5. The zero-order chi connectivity index (χ0) is 25.3. The first kappa shape index (κ1) is 23.7. The summed E-state index contributed by atoms with van der Waals surface area (Å²) in [5.74, 6) is 0.776. The number of rotatable bonds is 7. The van der Waals surface area contributed by atoms with Gasteiger partial charge in [0.1, 0.15) is 5.60 Å². The number of aromatic amines is 1. The van der Waals surface area contributed by atoms with Gasteiger partial charge in [0.05, 0.1) is 33.8 Å².